The monoisotopic (exact) mass is 274 g/mol. The number of likely N-dealkylation sites (N-methyl/N-ethyl adjacent to an activating group) is 1. The van der Waals surface area contributed by atoms with Gasteiger partial charge in [-0.05, 0) is 25.5 Å². The number of hydrogen-bond donors (Lipinski definition) is 0. The summed E-state index contributed by atoms with van der Waals surface area (Å²) in [6.07, 6.45) is 3.00. The highest BCUT2D eigenvalue weighted by molar-refractivity contribution is 5.92. The summed E-state index contributed by atoms with van der Waals surface area (Å²) in [6.45, 7) is 8.63. The minimum atomic E-state index is -0.460. The zero-order valence-corrected chi connectivity index (χ0v) is 11.7. The third kappa shape index (κ3) is 4.68. The van der Waals surface area contributed by atoms with E-state index < -0.39 is 4.92 Å². The van der Waals surface area contributed by atoms with Gasteiger partial charge in [0.25, 0.3) is 5.69 Å². The molecule has 0 aromatic heterocycles. The number of hydrogen-bond acceptors (Lipinski definition) is 3. The zero-order valence-electron chi connectivity index (χ0n) is 11.7. The van der Waals surface area contributed by atoms with Crippen molar-refractivity contribution in [1.82, 2.24) is 4.90 Å². The molecular formula is C15H18N2O3. The molecule has 5 nitrogen and oxygen atoms in total. The van der Waals surface area contributed by atoms with E-state index in [1.54, 1.807) is 23.1 Å². The van der Waals surface area contributed by atoms with Gasteiger partial charge in [-0.3, -0.25) is 14.9 Å². The van der Waals surface area contributed by atoms with Crippen LogP contribution >= 0.6 is 0 Å². The molecule has 20 heavy (non-hydrogen) atoms. The van der Waals surface area contributed by atoms with E-state index in [-0.39, 0.29) is 11.6 Å². The van der Waals surface area contributed by atoms with Gasteiger partial charge in [-0.15, -0.1) is 0 Å². The van der Waals surface area contributed by atoms with Gasteiger partial charge < -0.3 is 4.90 Å². The first-order chi connectivity index (χ1) is 9.43. The molecule has 0 fully saturated rings. The number of amides is 1. The summed E-state index contributed by atoms with van der Waals surface area (Å²) in [7, 11) is 0. The van der Waals surface area contributed by atoms with Crippen LogP contribution in [-0.2, 0) is 4.79 Å². The molecule has 106 valence electrons. The van der Waals surface area contributed by atoms with Crippen molar-refractivity contribution >= 4 is 17.7 Å². The second-order valence-corrected chi connectivity index (χ2v) is 4.49. The summed E-state index contributed by atoms with van der Waals surface area (Å²) in [6, 6.07) is 6.15. The lowest BCUT2D eigenvalue weighted by Crippen LogP contribution is -2.30. The van der Waals surface area contributed by atoms with Gasteiger partial charge in [0, 0.05) is 31.3 Å². The Morgan fingerprint density at radius 3 is 2.75 bits per heavy atom. The SMILES string of the molecule is C=C(C)CN(CC)C(=O)/C=C/c1cccc([N+](=O)[O-])c1. The fraction of sp³-hybridized carbons (Fsp3) is 0.267. The van der Waals surface area contributed by atoms with Crippen molar-refractivity contribution in [2.45, 2.75) is 13.8 Å². The minimum Gasteiger partial charge on any atom is -0.335 e. The first-order valence-corrected chi connectivity index (χ1v) is 6.30. The predicted molar refractivity (Wildman–Crippen MR) is 79.2 cm³/mol. The van der Waals surface area contributed by atoms with Gasteiger partial charge in [0.05, 0.1) is 4.92 Å². The topological polar surface area (TPSA) is 63.5 Å². The molecule has 0 unspecified atom stereocenters. The number of carbonyl (C=O) groups excluding carboxylic acids is 1. The van der Waals surface area contributed by atoms with Crippen molar-refractivity contribution in [3.05, 3.63) is 58.2 Å². The van der Waals surface area contributed by atoms with Crippen LogP contribution < -0.4 is 0 Å². The van der Waals surface area contributed by atoms with Gasteiger partial charge in [0.15, 0.2) is 0 Å². The molecule has 1 rings (SSSR count). The summed E-state index contributed by atoms with van der Waals surface area (Å²) >= 11 is 0. The smallest absolute Gasteiger partial charge is 0.270 e. The number of carbonyl (C=O) groups is 1. The van der Waals surface area contributed by atoms with E-state index in [4.69, 9.17) is 0 Å². The third-order valence-electron chi connectivity index (χ3n) is 2.65. The molecule has 0 atom stereocenters. The highest BCUT2D eigenvalue weighted by atomic mass is 16.6. The van der Waals surface area contributed by atoms with Crippen LogP contribution in [0.25, 0.3) is 6.08 Å². The fourth-order valence-electron chi connectivity index (χ4n) is 1.69. The molecular weight excluding hydrogens is 256 g/mol. The Labute approximate surface area is 118 Å². The summed E-state index contributed by atoms with van der Waals surface area (Å²) in [5, 5.41) is 10.7. The largest absolute Gasteiger partial charge is 0.335 e. The molecule has 0 saturated carbocycles. The van der Waals surface area contributed by atoms with Crippen molar-refractivity contribution < 1.29 is 9.72 Å². The standard InChI is InChI=1S/C15H18N2O3/c1-4-16(11-12(2)3)15(18)9-8-13-6-5-7-14(10-13)17(19)20/h5-10H,2,4,11H2,1,3H3/b9-8+. The Morgan fingerprint density at radius 2 is 2.20 bits per heavy atom. The van der Waals surface area contributed by atoms with E-state index >= 15 is 0 Å². The van der Waals surface area contributed by atoms with Crippen LogP contribution in [0.3, 0.4) is 0 Å². The van der Waals surface area contributed by atoms with E-state index in [0.29, 0.717) is 18.7 Å². The molecule has 0 radical (unpaired) electrons. The highest BCUT2D eigenvalue weighted by Crippen LogP contribution is 2.14. The van der Waals surface area contributed by atoms with Gasteiger partial charge in [-0.2, -0.15) is 0 Å². The second-order valence-electron chi connectivity index (χ2n) is 4.49. The van der Waals surface area contributed by atoms with Crippen molar-refractivity contribution in [2.75, 3.05) is 13.1 Å². The van der Waals surface area contributed by atoms with Crippen molar-refractivity contribution in [2.24, 2.45) is 0 Å². The molecule has 0 aliphatic heterocycles. The van der Waals surface area contributed by atoms with Gasteiger partial charge >= 0.3 is 0 Å². The summed E-state index contributed by atoms with van der Waals surface area (Å²) in [5.74, 6) is -0.137. The quantitative estimate of drug-likeness (QED) is 0.346. The van der Waals surface area contributed by atoms with Crippen LogP contribution in [0, 0.1) is 10.1 Å². The molecule has 0 N–H and O–H groups in total. The molecule has 0 aliphatic carbocycles. The Bertz CT molecular complexity index is 550. The normalized spacial score (nSPS) is 10.5. The van der Waals surface area contributed by atoms with Crippen LogP contribution in [0.1, 0.15) is 19.4 Å². The first kappa shape index (κ1) is 15.6. The number of non-ortho nitro benzene ring substituents is 1. The summed E-state index contributed by atoms with van der Waals surface area (Å²) < 4.78 is 0. The van der Waals surface area contributed by atoms with Gasteiger partial charge in [-0.1, -0.05) is 24.3 Å². The van der Waals surface area contributed by atoms with Gasteiger partial charge in [0.1, 0.15) is 0 Å². The zero-order chi connectivity index (χ0) is 15.1. The van der Waals surface area contributed by atoms with Gasteiger partial charge in [0.2, 0.25) is 5.91 Å². The van der Waals surface area contributed by atoms with E-state index in [1.165, 1.54) is 18.2 Å². The number of nitro groups is 1. The Morgan fingerprint density at radius 1 is 1.50 bits per heavy atom. The lowest BCUT2D eigenvalue weighted by molar-refractivity contribution is -0.384. The first-order valence-electron chi connectivity index (χ1n) is 6.30. The molecule has 1 aromatic rings. The maximum Gasteiger partial charge on any atom is 0.270 e. The van der Waals surface area contributed by atoms with Crippen LogP contribution in [0.5, 0.6) is 0 Å². The Balaban J connectivity index is 2.80. The number of rotatable bonds is 6. The molecule has 5 heteroatoms. The molecule has 0 bridgehead atoms. The summed E-state index contributed by atoms with van der Waals surface area (Å²) in [5.41, 5.74) is 1.54. The third-order valence-corrected chi connectivity index (χ3v) is 2.65. The van der Waals surface area contributed by atoms with E-state index in [0.717, 1.165) is 5.57 Å². The van der Waals surface area contributed by atoms with E-state index in [2.05, 4.69) is 6.58 Å². The maximum atomic E-state index is 12.0. The van der Waals surface area contributed by atoms with Crippen LogP contribution in [-0.4, -0.2) is 28.8 Å². The number of nitro benzene ring substituents is 1. The van der Waals surface area contributed by atoms with E-state index in [9.17, 15) is 14.9 Å². The lowest BCUT2D eigenvalue weighted by atomic mass is 10.2. The van der Waals surface area contributed by atoms with Crippen LogP contribution in [0.2, 0.25) is 0 Å². The highest BCUT2D eigenvalue weighted by Gasteiger charge is 2.08. The van der Waals surface area contributed by atoms with E-state index in [1.807, 2.05) is 13.8 Å². The summed E-state index contributed by atoms with van der Waals surface area (Å²) in [4.78, 5) is 23.8. The molecule has 0 saturated heterocycles. The molecule has 1 aromatic carbocycles. The Hall–Kier alpha value is -2.43. The molecule has 1 amide bonds. The van der Waals surface area contributed by atoms with Crippen LogP contribution in [0.15, 0.2) is 42.5 Å². The second kappa shape index (κ2) is 7.23. The molecule has 0 heterocycles. The van der Waals surface area contributed by atoms with Gasteiger partial charge in [-0.25, -0.2) is 0 Å². The lowest BCUT2D eigenvalue weighted by Gasteiger charge is -2.18. The minimum absolute atomic E-state index is 0.00822. The molecule has 0 spiro atoms. The average molecular weight is 274 g/mol. The number of nitrogens with zero attached hydrogens (tertiary/aromatic N) is 2. The Kier molecular flexibility index (Phi) is 5.65. The van der Waals surface area contributed by atoms with Crippen molar-refractivity contribution in [3.63, 3.8) is 0 Å². The van der Waals surface area contributed by atoms with Crippen molar-refractivity contribution in [3.8, 4) is 0 Å². The molecule has 0 aliphatic rings. The maximum absolute atomic E-state index is 12.0. The fourth-order valence-corrected chi connectivity index (χ4v) is 1.69. The van der Waals surface area contributed by atoms with Crippen LogP contribution in [0.4, 0.5) is 5.69 Å². The predicted octanol–water partition coefficient (Wildman–Crippen LogP) is 3.03. The average Bonchev–Trinajstić information content (AvgIpc) is 2.42. The number of benzene rings is 1. The van der Waals surface area contributed by atoms with Crippen molar-refractivity contribution in [1.29, 1.82) is 0 Å².